The van der Waals surface area contributed by atoms with E-state index in [1.54, 1.807) is 12.1 Å². The van der Waals surface area contributed by atoms with E-state index in [9.17, 15) is 10.1 Å². The zero-order chi connectivity index (χ0) is 10.6. The molecule has 0 radical (unpaired) electrons. The van der Waals surface area contributed by atoms with Crippen molar-refractivity contribution in [3.05, 3.63) is 33.9 Å². The van der Waals surface area contributed by atoms with E-state index in [0.717, 1.165) is 5.56 Å². The molecule has 0 bridgehead atoms. The summed E-state index contributed by atoms with van der Waals surface area (Å²) in [4.78, 5) is 11.0. The first-order chi connectivity index (χ1) is 6.65. The number of aryl methyl sites for hydroxylation is 1. The highest BCUT2D eigenvalue weighted by atomic mass is 35.5. The van der Waals surface area contributed by atoms with Crippen LogP contribution in [0.25, 0.3) is 0 Å². The van der Waals surface area contributed by atoms with E-state index in [0.29, 0.717) is 16.5 Å². The quantitative estimate of drug-likeness (QED) is 0.346. The van der Waals surface area contributed by atoms with Crippen molar-refractivity contribution in [2.45, 2.75) is 11.8 Å². The highest BCUT2D eigenvalue weighted by Crippen LogP contribution is 2.29. The molecule has 0 saturated heterocycles. The van der Waals surface area contributed by atoms with Crippen LogP contribution in [0, 0.1) is 17.0 Å². The average Bonchev–Trinajstić information content (AvgIpc) is 2.15. The van der Waals surface area contributed by atoms with Gasteiger partial charge in [0.05, 0.1) is 9.82 Å². The van der Waals surface area contributed by atoms with Crippen LogP contribution in [0.1, 0.15) is 5.56 Å². The number of halogens is 1. The van der Waals surface area contributed by atoms with Gasteiger partial charge in [-0.25, -0.2) is 0 Å². The molecule has 0 aromatic heterocycles. The smallest absolute Gasteiger partial charge is 0.258 e. The van der Waals surface area contributed by atoms with Crippen molar-refractivity contribution >= 4 is 29.1 Å². The molecule has 0 saturated carbocycles. The van der Waals surface area contributed by atoms with E-state index in [1.165, 1.54) is 11.8 Å². The van der Waals surface area contributed by atoms with E-state index >= 15 is 0 Å². The molecule has 0 unspecified atom stereocenters. The Hall–Kier alpha value is -0.740. The van der Waals surface area contributed by atoms with E-state index < -0.39 is 0 Å². The number of hydrogen-bond donors (Lipinski definition) is 0. The predicted molar refractivity (Wildman–Crippen MR) is 59.3 cm³/mol. The van der Waals surface area contributed by atoms with Crippen molar-refractivity contribution in [3.63, 3.8) is 0 Å². The fourth-order valence-electron chi connectivity index (χ4n) is 1.04. The van der Waals surface area contributed by atoms with Crippen LogP contribution in [0.15, 0.2) is 23.1 Å². The van der Waals surface area contributed by atoms with Crippen molar-refractivity contribution in [3.8, 4) is 0 Å². The number of alkyl halides is 1. The Balaban J connectivity index is 2.96. The lowest BCUT2D eigenvalue weighted by Gasteiger charge is -2.01. The second kappa shape index (κ2) is 5.22. The summed E-state index contributed by atoms with van der Waals surface area (Å²) in [5.74, 6) is 1.18. The first kappa shape index (κ1) is 11.3. The summed E-state index contributed by atoms with van der Waals surface area (Å²) >= 11 is 6.93. The van der Waals surface area contributed by atoms with Gasteiger partial charge in [-0.1, -0.05) is 6.07 Å². The van der Waals surface area contributed by atoms with Gasteiger partial charge in [0.1, 0.15) is 0 Å². The summed E-state index contributed by atoms with van der Waals surface area (Å²) < 4.78 is 0. The normalized spacial score (nSPS) is 10.1. The SMILES string of the molecule is Cc1ccc(SCCCl)c([N+](=O)[O-])c1. The molecule has 3 nitrogen and oxygen atoms in total. The second-order valence-corrected chi connectivity index (χ2v) is 4.28. The largest absolute Gasteiger partial charge is 0.283 e. The Morgan fingerprint density at radius 3 is 2.86 bits per heavy atom. The number of hydrogen-bond acceptors (Lipinski definition) is 3. The zero-order valence-corrected chi connectivity index (χ0v) is 9.27. The third-order valence-electron chi connectivity index (χ3n) is 1.65. The summed E-state index contributed by atoms with van der Waals surface area (Å²) in [6.45, 7) is 1.84. The van der Waals surface area contributed by atoms with Gasteiger partial charge in [-0.05, 0) is 18.6 Å². The molecule has 0 atom stereocenters. The molecule has 0 amide bonds. The minimum Gasteiger partial charge on any atom is -0.258 e. The van der Waals surface area contributed by atoms with Gasteiger partial charge in [0, 0.05) is 17.7 Å². The summed E-state index contributed by atoms with van der Waals surface area (Å²) in [7, 11) is 0. The molecule has 5 heteroatoms. The lowest BCUT2D eigenvalue weighted by atomic mass is 10.2. The molecular weight excluding hydrogens is 222 g/mol. The number of thioether (sulfide) groups is 1. The minimum atomic E-state index is -0.358. The molecular formula is C9H10ClNO2S. The van der Waals surface area contributed by atoms with Gasteiger partial charge < -0.3 is 0 Å². The Morgan fingerprint density at radius 1 is 1.57 bits per heavy atom. The van der Waals surface area contributed by atoms with Crippen molar-refractivity contribution in [1.29, 1.82) is 0 Å². The van der Waals surface area contributed by atoms with Gasteiger partial charge in [-0.15, -0.1) is 23.4 Å². The number of nitro groups is 1. The number of nitro benzene ring substituents is 1. The molecule has 76 valence electrons. The third-order valence-corrected chi connectivity index (χ3v) is 3.12. The Morgan fingerprint density at radius 2 is 2.29 bits per heavy atom. The van der Waals surface area contributed by atoms with Crippen molar-refractivity contribution in [2.75, 3.05) is 11.6 Å². The fourth-order valence-corrected chi connectivity index (χ4v) is 2.01. The molecule has 1 aromatic carbocycles. The van der Waals surface area contributed by atoms with Crippen LogP contribution in [0.2, 0.25) is 0 Å². The van der Waals surface area contributed by atoms with Crippen LogP contribution < -0.4 is 0 Å². The van der Waals surface area contributed by atoms with Gasteiger partial charge in [-0.2, -0.15) is 0 Å². The molecule has 0 N–H and O–H groups in total. The Labute approximate surface area is 91.6 Å². The first-order valence-corrected chi connectivity index (χ1v) is 5.61. The topological polar surface area (TPSA) is 43.1 Å². The average molecular weight is 232 g/mol. The molecule has 1 aromatic rings. The van der Waals surface area contributed by atoms with Crippen molar-refractivity contribution < 1.29 is 4.92 Å². The van der Waals surface area contributed by atoms with Crippen molar-refractivity contribution in [2.24, 2.45) is 0 Å². The molecule has 0 fully saturated rings. The predicted octanol–water partition coefficient (Wildman–Crippen LogP) is 3.23. The lowest BCUT2D eigenvalue weighted by Crippen LogP contribution is -1.92. The van der Waals surface area contributed by atoms with Gasteiger partial charge in [0.15, 0.2) is 0 Å². The Kier molecular flexibility index (Phi) is 4.22. The third kappa shape index (κ3) is 2.89. The maximum Gasteiger partial charge on any atom is 0.283 e. The summed E-state index contributed by atoms with van der Waals surface area (Å²) in [6, 6.07) is 5.21. The molecule has 1 rings (SSSR count). The second-order valence-electron chi connectivity index (χ2n) is 2.77. The summed E-state index contributed by atoms with van der Waals surface area (Å²) in [5.41, 5.74) is 1.06. The van der Waals surface area contributed by atoms with E-state index in [2.05, 4.69) is 0 Å². The summed E-state index contributed by atoms with van der Waals surface area (Å²) in [5, 5.41) is 10.7. The number of nitrogens with zero attached hydrogens (tertiary/aromatic N) is 1. The van der Waals surface area contributed by atoms with E-state index in [-0.39, 0.29) is 10.6 Å². The molecule has 0 heterocycles. The maximum atomic E-state index is 10.7. The van der Waals surface area contributed by atoms with Crippen LogP contribution in [0.4, 0.5) is 5.69 Å². The maximum absolute atomic E-state index is 10.7. The van der Waals surface area contributed by atoms with Crippen LogP contribution in [0.3, 0.4) is 0 Å². The monoisotopic (exact) mass is 231 g/mol. The fraction of sp³-hybridized carbons (Fsp3) is 0.333. The minimum absolute atomic E-state index is 0.167. The van der Waals surface area contributed by atoms with Crippen molar-refractivity contribution in [1.82, 2.24) is 0 Å². The molecule has 0 spiro atoms. The highest BCUT2D eigenvalue weighted by molar-refractivity contribution is 7.99. The van der Waals surface area contributed by atoms with Gasteiger partial charge >= 0.3 is 0 Å². The van der Waals surface area contributed by atoms with Crippen LogP contribution in [-0.4, -0.2) is 16.6 Å². The Bertz CT molecular complexity index is 344. The van der Waals surface area contributed by atoms with Gasteiger partial charge in [0.2, 0.25) is 0 Å². The zero-order valence-electron chi connectivity index (χ0n) is 7.70. The standard InChI is InChI=1S/C9H10ClNO2S/c1-7-2-3-9(14-5-4-10)8(6-7)11(12)13/h2-3,6H,4-5H2,1H3. The molecule has 0 aliphatic rings. The van der Waals surface area contributed by atoms with Crippen LogP contribution in [0.5, 0.6) is 0 Å². The molecule has 0 aliphatic carbocycles. The number of benzene rings is 1. The van der Waals surface area contributed by atoms with E-state index in [4.69, 9.17) is 11.6 Å². The van der Waals surface area contributed by atoms with Gasteiger partial charge in [0.25, 0.3) is 5.69 Å². The summed E-state index contributed by atoms with van der Waals surface area (Å²) in [6.07, 6.45) is 0. The number of rotatable bonds is 4. The van der Waals surface area contributed by atoms with Crippen LogP contribution >= 0.6 is 23.4 Å². The highest BCUT2D eigenvalue weighted by Gasteiger charge is 2.13. The lowest BCUT2D eigenvalue weighted by molar-refractivity contribution is -0.387. The van der Waals surface area contributed by atoms with Crippen LogP contribution in [-0.2, 0) is 0 Å². The molecule has 14 heavy (non-hydrogen) atoms. The van der Waals surface area contributed by atoms with Gasteiger partial charge in [-0.3, -0.25) is 10.1 Å². The first-order valence-electron chi connectivity index (χ1n) is 4.09. The van der Waals surface area contributed by atoms with E-state index in [1.807, 2.05) is 13.0 Å². The molecule has 0 aliphatic heterocycles.